The quantitative estimate of drug-likeness (QED) is 0.152. The Morgan fingerprint density at radius 3 is 2.15 bits per heavy atom. The molecule has 0 saturated carbocycles. The van der Waals surface area contributed by atoms with Gasteiger partial charge in [-0.1, -0.05) is 40.2 Å². The second-order valence-corrected chi connectivity index (χ2v) is 15.2. The Labute approximate surface area is 214 Å². The van der Waals surface area contributed by atoms with Gasteiger partial charge in [-0.25, -0.2) is 0 Å². The number of rotatable bonds is 12. The SMILES string of the molecule is CCCCOc1ccc(-c2c(OC)cc(Br)c(OC)c2OCOC)cc1O[Si](C)(C)C(C)(C)C. The molecule has 0 N–H and O–H groups in total. The number of benzene rings is 2. The van der Waals surface area contributed by atoms with Crippen molar-refractivity contribution in [2.24, 2.45) is 0 Å². The van der Waals surface area contributed by atoms with Crippen LogP contribution in [0, 0.1) is 0 Å². The summed E-state index contributed by atoms with van der Waals surface area (Å²) in [6, 6.07) is 7.83. The summed E-state index contributed by atoms with van der Waals surface area (Å²) < 4.78 is 36.1. The van der Waals surface area contributed by atoms with E-state index in [9.17, 15) is 0 Å². The number of methoxy groups -OCH3 is 3. The Balaban J connectivity index is 2.71. The molecule has 0 saturated heterocycles. The fourth-order valence-corrected chi connectivity index (χ4v) is 4.65. The number of hydrogen-bond donors (Lipinski definition) is 0. The molecule has 0 fully saturated rings. The van der Waals surface area contributed by atoms with Crippen LogP contribution >= 0.6 is 15.9 Å². The Morgan fingerprint density at radius 2 is 1.59 bits per heavy atom. The number of halogens is 1. The van der Waals surface area contributed by atoms with E-state index in [0.29, 0.717) is 23.9 Å². The zero-order valence-electron chi connectivity index (χ0n) is 22.0. The highest BCUT2D eigenvalue weighted by atomic mass is 79.9. The molecular formula is C26H39BrO6Si. The Hall–Kier alpha value is -1.90. The van der Waals surface area contributed by atoms with Gasteiger partial charge in [0.15, 0.2) is 24.0 Å². The Bertz CT molecular complexity index is 955. The molecule has 0 bridgehead atoms. The topological polar surface area (TPSA) is 55.4 Å². The molecule has 0 aliphatic carbocycles. The molecule has 34 heavy (non-hydrogen) atoms. The predicted octanol–water partition coefficient (Wildman–Crippen LogP) is 7.68. The van der Waals surface area contributed by atoms with Crippen LogP contribution in [0.5, 0.6) is 28.7 Å². The van der Waals surface area contributed by atoms with Crippen LogP contribution in [0.3, 0.4) is 0 Å². The van der Waals surface area contributed by atoms with Crippen molar-refractivity contribution in [3.8, 4) is 39.9 Å². The van der Waals surface area contributed by atoms with Gasteiger partial charge < -0.3 is 28.1 Å². The normalized spacial score (nSPS) is 11.8. The van der Waals surface area contributed by atoms with Crippen molar-refractivity contribution in [3.05, 3.63) is 28.7 Å². The predicted molar refractivity (Wildman–Crippen MR) is 143 cm³/mol. The van der Waals surface area contributed by atoms with Crippen LogP contribution in [0.1, 0.15) is 40.5 Å². The first-order chi connectivity index (χ1) is 16.0. The first kappa shape index (κ1) is 28.3. The van der Waals surface area contributed by atoms with Crippen LogP contribution in [-0.4, -0.2) is 43.0 Å². The minimum absolute atomic E-state index is 0.0367. The molecule has 0 amide bonds. The third-order valence-corrected chi connectivity index (χ3v) is 11.0. The molecule has 0 radical (unpaired) electrons. The molecule has 0 aliphatic rings. The smallest absolute Gasteiger partial charge is 0.250 e. The Morgan fingerprint density at radius 1 is 0.882 bits per heavy atom. The molecular weight excluding hydrogens is 516 g/mol. The molecule has 0 aliphatic heterocycles. The van der Waals surface area contributed by atoms with E-state index in [1.165, 1.54) is 0 Å². The van der Waals surface area contributed by atoms with Gasteiger partial charge >= 0.3 is 0 Å². The summed E-state index contributed by atoms with van der Waals surface area (Å²) in [7, 11) is 2.69. The number of unbranched alkanes of at least 4 members (excludes halogenated alkanes) is 1. The maximum absolute atomic E-state index is 6.73. The summed E-state index contributed by atoms with van der Waals surface area (Å²) in [6.07, 6.45) is 2.04. The van der Waals surface area contributed by atoms with Gasteiger partial charge in [-0.2, -0.15) is 0 Å². The first-order valence-electron chi connectivity index (χ1n) is 11.5. The van der Waals surface area contributed by atoms with Crippen molar-refractivity contribution in [3.63, 3.8) is 0 Å². The van der Waals surface area contributed by atoms with E-state index in [1.807, 2.05) is 24.3 Å². The summed E-state index contributed by atoms with van der Waals surface area (Å²) in [4.78, 5) is 0. The van der Waals surface area contributed by atoms with Gasteiger partial charge in [0, 0.05) is 7.11 Å². The lowest BCUT2D eigenvalue weighted by Gasteiger charge is -2.37. The lowest BCUT2D eigenvalue weighted by molar-refractivity contribution is 0.0494. The van der Waals surface area contributed by atoms with E-state index < -0.39 is 8.32 Å². The van der Waals surface area contributed by atoms with E-state index >= 15 is 0 Å². The first-order valence-corrected chi connectivity index (χ1v) is 15.2. The summed E-state index contributed by atoms with van der Waals surface area (Å²) in [5.41, 5.74) is 1.62. The monoisotopic (exact) mass is 554 g/mol. The van der Waals surface area contributed by atoms with E-state index in [1.54, 1.807) is 21.3 Å². The third kappa shape index (κ3) is 6.61. The van der Waals surface area contributed by atoms with Crippen molar-refractivity contribution in [2.75, 3.05) is 34.7 Å². The zero-order chi connectivity index (χ0) is 25.5. The highest BCUT2D eigenvalue weighted by molar-refractivity contribution is 9.10. The minimum Gasteiger partial charge on any atom is -0.541 e. The zero-order valence-corrected chi connectivity index (χ0v) is 24.6. The van der Waals surface area contributed by atoms with E-state index in [0.717, 1.165) is 39.9 Å². The van der Waals surface area contributed by atoms with Crippen LogP contribution in [0.25, 0.3) is 11.1 Å². The highest BCUT2D eigenvalue weighted by Gasteiger charge is 2.39. The minimum atomic E-state index is -2.13. The molecule has 0 spiro atoms. The van der Waals surface area contributed by atoms with Crippen LogP contribution in [-0.2, 0) is 4.74 Å². The van der Waals surface area contributed by atoms with E-state index in [-0.39, 0.29) is 11.8 Å². The van der Waals surface area contributed by atoms with Gasteiger partial charge in [0.2, 0.25) is 0 Å². The van der Waals surface area contributed by atoms with Crippen molar-refractivity contribution in [1.29, 1.82) is 0 Å². The number of hydrogen-bond acceptors (Lipinski definition) is 6. The van der Waals surface area contributed by atoms with Crippen molar-refractivity contribution in [2.45, 2.75) is 58.7 Å². The van der Waals surface area contributed by atoms with Crippen molar-refractivity contribution >= 4 is 24.2 Å². The second-order valence-electron chi connectivity index (χ2n) is 9.57. The molecule has 0 heterocycles. The van der Waals surface area contributed by atoms with Gasteiger partial charge in [0.25, 0.3) is 8.32 Å². The fourth-order valence-electron chi connectivity index (χ4n) is 3.08. The van der Waals surface area contributed by atoms with E-state index in [4.69, 9.17) is 28.1 Å². The standard InChI is InChI=1S/C26H39BrO6Si/c1-10-11-14-31-20-13-12-18(15-21(20)33-34(8,9)26(2,3)4)23-22(29-6)16-19(27)24(30-7)25(23)32-17-28-5/h12-13,15-16H,10-11,14,17H2,1-9H3. The molecule has 0 atom stereocenters. The summed E-state index contributed by atoms with van der Waals surface area (Å²) in [5, 5.41) is 0.0367. The fraction of sp³-hybridized carbons (Fsp3) is 0.538. The van der Waals surface area contributed by atoms with Gasteiger partial charge in [-0.15, -0.1) is 0 Å². The lowest BCUT2D eigenvalue weighted by Crippen LogP contribution is -2.43. The highest BCUT2D eigenvalue weighted by Crippen LogP contribution is 2.50. The summed E-state index contributed by atoms with van der Waals surface area (Å²) in [5.74, 6) is 3.18. The largest absolute Gasteiger partial charge is 0.541 e. The summed E-state index contributed by atoms with van der Waals surface area (Å²) >= 11 is 3.56. The molecule has 190 valence electrons. The third-order valence-electron chi connectivity index (χ3n) is 6.06. The van der Waals surface area contributed by atoms with Gasteiger partial charge in [-0.05, 0) is 64.2 Å². The van der Waals surface area contributed by atoms with Crippen molar-refractivity contribution in [1.82, 2.24) is 0 Å². The van der Waals surface area contributed by atoms with Gasteiger partial charge in [0.1, 0.15) is 11.5 Å². The average Bonchev–Trinajstić information content (AvgIpc) is 2.77. The molecule has 2 aromatic carbocycles. The van der Waals surface area contributed by atoms with Gasteiger partial charge in [0.05, 0.1) is 30.9 Å². The summed E-state index contributed by atoms with van der Waals surface area (Å²) in [6.45, 7) is 14.0. The second kappa shape index (κ2) is 12.2. The van der Waals surface area contributed by atoms with Crippen LogP contribution in [0.2, 0.25) is 18.1 Å². The molecule has 2 aromatic rings. The van der Waals surface area contributed by atoms with Crippen LogP contribution < -0.4 is 23.4 Å². The Kier molecular flexibility index (Phi) is 10.1. The maximum atomic E-state index is 6.73. The van der Waals surface area contributed by atoms with Crippen molar-refractivity contribution < 1.29 is 28.1 Å². The van der Waals surface area contributed by atoms with Crippen LogP contribution in [0.15, 0.2) is 28.7 Å². The lowest BCUT2D eigenvalue weighted by atomic mass is 10.0. The van der Waals surface area contributed by atoms with Crippen LogP contribution in [0.4, 0.5) is 0 Å². The molecule has 6 nitrogen and oxygen atoms in total. The molecule has 0 aromatic heterocycles. The van der Waals surface area contributed by atoms with E-state index in [2.05, 4.69) is 56.7 Å². The maximum Gasteiger partial charge on any atom is 0.250 e. The molecule has 8 heteroatoms. The van der Waals surface area contributed by atoms with Gasteiger partial charge in [-0.3, -0.25) is 0 Å². The molecule has 2 rings (SSSR count). The molecule has 0 unspecified atom stereocenters. The average molecular weight is 556 g/mol. The number of ether oxygens (including phenoxy) is 5.